The summed E-state index contributed by atoms with van der Waals surface area (Å²) in [6.45, 7) is 6.11. The molecule has 0 atom stereocenters. The maximum Gasteiger partial charge on any atom is 0.167 e. The first-order valence-corrected chi connectivity index (χ1v) is 4.62. The molecule has 0 amide bonds. The van der Waals surface area contributed by atoms with Crippen molar-refractivity contribution in [1.82, 2.24) is 0 Å². The van der Waals surface area contributed by atoms with Crippen LogP contribution in [-0.2, 0) is 0 Å². The van der Waals surface area contributed by atoms with E-state index < -0.39 is 0 Å². The molecule has 0 unspecified atom stereocenters. The van der Waals surface area contributed by atoms with Crippen LogP contribution in [0.4, 0.5) is 4.39 Å². The molecule has 0 saturated carbocycles. The lowest BCUT2D eigenvalue weighted by atomic mass is 10.2. The Bertz CT molecular complexity index is 338. The van der Waals surface area contributed by atoms with Crippen LogP contribution in [0, 0.1) is 12.7 Å². The van der Waals surface area contributed by atoms with Crippen LogP contribution in [0.5, 0.6) is 5.75 Å². The first-order chi connectivity index (χ1) is 6.61. The van der Waals surface area contributed by atoms with Crippen molar-refractivity contribution in [3.8, 4) is 5.75 Å². The monoisotopic (exact) mass is 194 g/mol. The molecular formula is C12H15FO. The number of aryl methyl sites for hydroxylation is 1. The third kappa shape index (κ3) is 2.87. The van der Waals surface area contributed by atoms with Gasteiger partial charge in [0.25, 0.3) is 0 Å². The number of halogens is 1. The van der Waals surface area contributed by atoms with E-state index in [1.807, 2.05) is 19.9 Å². The molecule has 76 valence electrons. The summed E-state index contributed by atoms with van der Waals surface area (Å²) >= 11 is 0. The van der Waals surface area contributed by atoms with Crippen LogP contribution in [-0.4, -0.2) is 6.61 Å². The molecule has 1 rings (SSSR count). The summed E-state index contributed by atoms with van der Waals surface area (Å²) in [6.07, 6.45) is 1.92. The molecule has 0 fully saturated rings. The second kappa shape index (κ2) is 4.80. The highest BCUT2D eigenvalue weighted by molar-refractivity contribution is 5.30. The van der Waals surface area contributed by atoms with Gasteiger partial charge in [0.15, 0.2) is 11.6 Å². The number of hydrogen-bond donors (Lipinski definition) is 0. The van der Waals surface area contributed by atoms with Gasteiger partial charge in [-0.1, -0.05) is 17.7 Å². The van der Waals surface area contributed by atoms with Gasteiger partial charge in [-0.3, -0.25) is 0 Å². The standard InChI is InChI=1S/C12H15FO/c1-9(2)7-8-14-11-6-4-5-10(3)12(11)13/h4-7H,8H2,1-3H3. The summed E-state index contributed by atoms with van der Waals surface area (Å²) in [5.74, 6) is 0.0529. The second-order valence-electron chi connectivity index (χ2n) is 3.48. The van der Waals surface area contributed by atoms with Crippen molar-refractivity contribution in [2.24, 2.45) is 0 Å². The van der Waals surface area contributed by atoms with Gasteiger partial charge in [0.1, 0.15) is 6.61 Å². The quantitative estimate of drug-likeness (QED) is 0.669. The van der Waals surface area contributed by atoms with Crippen molar-refractivity contribution >= 4 is 0 Å². The topological polar surface area (TPSA) is 9.23 Å². The maximum absolute atomic E-state index is 13.4. The van der Waals surface area contributed by atoms with Gasteiger partial charge < -0.3 is 4.74 Å². The lowest BCUT2D eigenvalue weighted by Gasteiger charge is -2.06. The Labute approximate surface area is 84.2 Å². The average molecular weight is 194 g/mol. The van der Waals surface area contributed by atoms with E-state index in [2.05, 4.69) is 0 Å². The minimum absolute atomic E-state index is 0.269. The number of ether oxygens (including phenoxy) is 1. The van der Waals surface area contributed by atoms with E-state index in [1.165, 1.54) is 0 Å². The van der Waals surface area contributed by atoms with Crippen LogP contribution >= 0.6 is 0 Å². The molecule has 0 aliphatic heterocycles. The van der Waals surface area contributed by atoms with Gasteiger partial charge in [-0.2, -0.15) is 0 Å². The summed E-state index contributed by atoms with van der Waals surface area (Å²) in [7, 11) is 0. The summed E-state index contributed by atoms with van der Waals surface area (Å²) in [5, 5.41) is 0. The zero-order chi connectivity index (χ0) is 10.6. The summed E-state index contributed by atoms with van der Waals surface area (Å²) in [5.41, 5.74) is 1.78. The summed E-state index contributed by atoms with van der Waals surface area (Å²) in [4.78, 5) is 0. The van der Waals surface area contributed by atoms with Crippen LogP contribution in [0.3, 0.4) is 0 Å². The maximum atomic E-state index is 13.4. The van der Waals surface area contributed by atoms with Crippen molar-refractivity contribution in [1.29, 1.82) is 0 Å². The minimum Gasteiger partial charge on any atom is -0.486 e. The van der Waals surface area contributed by atoms with Crippen LogP contribution in [0.2, 0.25) is 0 Å². The Morgan fingerprint density at radius 1 is 1.43 bits per heavy atom. The zero-order valence-electron chi connectivity index (χ0n) is 8.80. The molecule has 1 aromatic rings. The van der Waals surface area contributed by atoms with Gasteiger partial charge in [0, 0.05) is 0 Å². The number of rotatable bonds is 3. The predicted molar refractivity (Wildman–Crippen MR) is 56.1 cm³/mol. The molecule has 1 aromatic carbocycles. The Kier molecular flexibility index (Phi) is 3.69. The van der Waals surface area contributed by atoms with Gasteiger partial charge in [0.2, 0.25) is 0 Å². The molecule has 14 heavy (non-hydrogen) atoms. The number of hydrogen-bond acceptors (Lipinski definition) is 1. The van der Waals surface area contributed by atoms with Crippen molar-refractivity contribution in [3.05, 3.63) is 41.2 Å². The normalized spacial score (nSPS) is 9.71. The molecule has 0 radical (unpaired) electrons. The number of allylic oxidation sites excluding steroid dienone is 1. The third-order valence-electron chi connectivity index (χ3n) is 1.89. The largest absolute Gasteiger partial charge is 0.486 e. The van der Waals surface area contributed by atoms with Gasteiger partial charge in [-0.25, -0.2) is 4.39 Å². The Morgan fingerprint density at radius 2 is 2.14 bits per heavy atom. The van der Waals surface area contributed by atoms with E-state index in [0.717, 1.165) is 5.57 Å². The molecule has 0 N–H and O–H groups in total. The van der Waals surface area contributed by atoms with Gasteiger partial charge in [-0.15, -0.1) is 0 Å². The third-order valence-corrected chi connectivity index (χ3v) is 1.89. The first kappa shape index (κ1) is 10.8. The fraction of sp³-hybridized carbons (Fsp3) is 0.333. The van der Waals surface area contributed by atoms with E-state index in [0.29, 0.717) is 17.9 Å². The highest BCUT2D eigenvalue weighted by Crippen LogP contribution is 2.19. The van der Waals surface area contributed by atoms with E-state index in [9.17, 15) is 4.39 Å². The Morgan fingerprint density at radius 3 is 2.79 bits per heavy atom. The van der Waals surface area contributed by atoms with E-state index in [1.54, 1.807) is 25.1 Å². The fourth-order valence-corrected chi connectivity index (χ4v) is 1.03. The van der Waals surface area contributed by atoms with E-state index >= 15 is 0 Å². The molecule has 0 aliphatic carbocycles. The van der Waals surface area contributed by atoms with Crippen molar-refractivity contribution < 1.29 is 9.13 Å². The minimum atomic E-state index is -0.269. The molecule has 0 aromatic heterocycles. The highest BCUT2D eigenvalue weighted by Gasteiger charge is 2.03. The first-order valence-electron chi connectivity index (χ1n) is 4.62. The van der Waals surface area contributed by atoms with E-state index in [-0.39, 0.29) is 5.82 Å². The Hall–Kier alpha value is -1.31. The zero-order valence-corrected chi connectivity index (χ0v) is 8.80. The van der Waals surface area contributed by atoms with Crippen LogP contribution in [0.1, 0.15) is 19.4 Å². The van der Waals surface area contributed by atoms with Gasteiger partial charge >= 0.3 is 0 Å². The van der Waals surface area contributed by atoms with E-state index in [4.69, 9.17) is 4.74 Å². The Balaban J connectivity index is 2.68. The molecule has 1 nitrogen and oxygen atoms in total. The predicted octanol–water partition coefficient (Wildman–Crippen LogP) is 3.48. The SMILES string of the molecule is CC(C)=CCOc1cccc(C)c1F. The van der Waals surface area contributed by atoms with Gasteiger partial charge in [0.05, 0.1) is 0 Å². The van der Waals surface area contributed by atoms with Crippen molar-refractivity contribution in [2.75, 3.05) is 6.61 Å². The van der Waals surface area contributed by atoms with Crippen LogP contribution in [0.25, 0.3) is 0 Å². The molecule has 0 heterocycles. The molecule has 0 aliphatic rings. The molecule has 0 spiro atoms. The molecule has 0 saturated heterocycles. The van der Waals surface area contributed by atoms with Crippen molar-refractivity contribution in [3.63, 3.8) is 0 Å². The smallest absolute Gasteiger partial charge is 0.167 e. The highest BCUT2D eigenvalue weighted by atomic mass is 19.1. The van der Waals surface area contributed by atoms with Crippen molar-refractivity contribution in [2.45, 2.75) is 20.8 Å². The fourth-order valence-electron chi connectivity index (χ4n) is 1.03. The lowest BCUT2D eigenvalue weighted by molar-refractivity contribution is 0.340. The second-order valence-corrected chi connectivity index (χ2v) is 3.48. The van der Waals surface area contributed by atoms with Crippen LogP contribution < -0.4 is 4.74 Å². The van der Waals surface area contributed by atoms with Gasteiger partial charge in [-0.05, 0) is 38.5 Å². The summed E-state index contributed by atoms with van der Waals surface area (Å²) < 4.78 is 18.7. The van der Waals surface area contributed by atoms with Crippen LogP contribution in [0.15, 0.2) is 29.8 Å². The summed E-state index contributed by atoms with van der Waals surface area (Å²) in [6, 6.07) is 5.15. The molecule has 0 bridgehead atoms. The lowest BCUT2D eigenvalue weighted by Crippen LogP contribution is -1.97. The molecule has 2 heteroatoms. The molecular weight excluding hydrogens is 179 g/mol. The number of benzene rings is 1. The average Bonchev–Trinajstić information content (AvgIpc) is 2.12.